The molecular weight excluding hydrogens is 467 g/mol. The summed E-state index contributed by atoms with van der Waals surface area (Å²) in [5.41, 5.74) is 6.99. The standard InChI is InChI=1S/C24H28F3N3O3S/c25-20-12-22(27)21(26)10-16(20)11-23(28)17-8-18-6-7-19(9-17)30(18)24(31)13-29-34(32,33)14-15-4-2-1-3-5-15/h1-5,10,12,17-19,23,29H,6-9,11,13-14,28H2/t17-,18-,19+,23-/m1/s1. The average molecular weight is 496 g/mol. The quantitative estimate of drug-likeness (QED) is 0.551. The van der Waals surface area contributed by atoms with Crippen LogP contribution in [-0.4, -0.2) is 43.9 Å². The second-order valence-corrected chi connectivity index (χ2v) is 11.0. The Morgan fingerprint density at radius 3 is 2.29 bits per heavy atom. The Hall–Kier alpha value is -2.43. The van der Waals surface area contributed by atoms with Crippen molar-refractivity contribution in [2.45, 2.75) is 56.0 Å². The highest BCUT2D eigenvalue weighted by Gasteiger charge is 2.44. The molecule has 0 aliphatic carbocycles. The molecule has 184 valence electrons. The molecule has 4 rings (SSSR count). The maximum Gasteiger partial charge on any atom is 0.238 e. The lowest BCUT2D eigenvalue weighted by Gasteiger charge is -2.41. The Morgan fingerprint density at radius 1 is 1.03 bits per heavy atom. The van der Waals surface area contributed by atoms with Gasteiger partial charge in [0.1, 0.15) is 5.82 Å². The molecule has 1 amide bonds. The smallest absolute Gasteiger partial charge is 0.238 e. The van der Waals surface area contributed by atoms with E-state index in [9.17, 15) is 26.4 Å². The van der Waals surface area contributed by atoms with Crippen LogP contribution in [0.1, 0.15) is 36.8 Å². The van der Waals surface area contributed by atoms with Crippen molar-refractivity contribution < 1.29 is 26.4 Å². The summed E-state index contributed by atoms with van der Waals surface area (Å²) in [4.78, 5) is 14.6. The van der Waals surface area contributed by atoms with Crippen molar-refractivity contribution in [2.24, 2.45) is 11.7 Å². The van der Waals surface area contributed by atoms with Crippen molar-refractivity contribution in [1.82, 2.24) is 9.62 Å². The van der Waals surface area contributed by atoms with E-state index in [0.717, 1.165) is 18.9 Å². The second-order valence-electron chi connectivity index (χ2n) is 9.21. The number of sulfonamides is 1. The summed E-state index contributed by atoms with van der Waals surface area (Å²) >= 11 is 0. The van der Waals surface area contributed by atoms with Crippen LogP contribution in [0.5, 0.6) is 0 Å². The molecule has 0 aromatic heterocycles. The van der Waals surface area contributed by atoms with E-state index in [4.69, 9.17) is 5.73 Å². The van der Waals surface area contributed by atoms with Gasteiger partial charge in [0.25, 0.3) is 0 Å². The molecule has 2 aromatic rings. The third kappa shape index (κ3) is 5.61. The summed E-state index contributed by atoms with van der Waals surface area (Å²) in [6.07, 6.45) is 2.85. The first-order valence-electron chi connectivity index (χ1n) is 11.3. The van der Waals surface area contributed by atoms with Crippen LogP contribution in [0, 0.1) is 23.4 Å². The Balaban J connectivity index is 1.33. The predicted molar refractivity (Wildman–Crippen MR) is 121 cm³/mol. The Labute approximate surface area is 197 Å². The minimum absolute atomic E-state index is 0.0103. The summed E-state index contributed by atoms with van der Waals surface area (Å²) in [7, 11) is -3.66. The Kier molecular flexibility index (Phi) is 7.30. The molecule has 2 aliphatic heterocycles. The van der Waals surface area contributed by atoms with E-state index < -0.39 is 33.5 Å². The van der Waals surface area contributed by atoms with E-state index in [1.54, 1.807) is 35.2 Å². The van der Waals surface area contributed by atoms with Crippen LogP contribution in [-0.2, 0) is 27.0 Å². The summed E-state index contributed by atoms with van der Waals surface area (Å²) in [5.74, 6) is -3.66. The third-order valence-electron chi connectivity index (χ3n) is 6.85. The number of hydrogen-bond acceptors (Lipinski definition) is 4. The minimum Gasteiger partial charge on any atom is -0.336 e. The van der Waals surface area contributed by atoms with Crippen LogP contribution in [0.15, 0.2) is 42.5 Å². The van der Waals surface area contributed by atoms with Gasteiger partial charge in [0.2, 0.25) is 15.9 Å². The number of carbonyl (C=O) groups excluding carboxylic acids is 1. The van der Waals surface area contributed by atoms with E-state index in [1.165, 1.54) is 0 Å². The van der Waals surface area contributed by atoms with E-state index in [0.29, 0.717) is 24.5 Å². The van der Waals surface area contributed by atoms with Gasteiger partial charge in [0, 0.05) is 24.2 Å². The number of amides is 1. The van der Waals surface area contributed by atoms with Gasteiger partial charge in [-0.05, 0) is 55.2 Å². The third-order valence-corrected chi connectivity index (χ3v) is 8.15. The molecule has 2 saturated heterocycles. The van der Waals surface area contributed by atoms with Gasteiger partial charge in [0.15, 0.2) is 11.6 Å². The van der Waals surface area contributed by atoms with Crippen LogP contribution < -0.4 is 10.5 Å². The maximum atomic E-state index is 14.0. The molecule has 2 aliphatic rings. The lowest BCUT2D eigenvalue weighted by atomic mass is 9.82. The number of fused-ring (bicyclic) bond motifs is 2. The van der Waals surface area contributed by atoms with Crippen LogP contribution in [0.2, 0.25) is 0 Å². The van der Waals surface area contributed by atoms with Gasteiger partial charge in [0.05, 0.1) is 12.3 Å². The van der Waals surface area contributed by atoms with Gasteiger partial charge in [-0.25, -0.2) is 26.3 Å². The molecule has 2 heterocycles. The molecule has 34 heavy (non-hydrogen) atoms. The molecular formula is C24H28F3N3O3S. The Morgan fingerprint density at radius 2 is 1.65 bits per heavy atom. The highest BCUT2D eigenvalue weighted by molar-refractivity contribution is 7.88. The van der Waals surface area contributed by atoms with Gasteiger partial charge < -0.3 is 10.6 Å². The van der Waals surface area contributed by atoms with Gasteiger partial charge in [-0.3, -0.25) is 4.79 Å². The summed E-state index contributed by atoms with van der Waals surface area (Å²) in [5, 5.41) is 0. The molecule has 2 aromatic carbocycles. The summed E-state index contributed by atoms with van der Waals surface area (Å²) in [6.45, 7) is -0.307. The molecule has 0 radical (unpaired) electrons. The average Bonchev–Trinajstić information content (AvgIpc) is 3.05. The van der Waals surface area contributed by atoms with Crippen molar-refractivity contribution in [2.75, 3.05) is 6.54 Å². The summed E-state index contributed by atoms with van der Waals surface area (Å²) in [6, 6.07) is 9.49. The molecule has 6 nitrogen and oxygen atoms in total. The van der Waals surface area contributed by atoms with E-state index >= 15 is 0 Å². The molecule has 4 atom stereocenters. The van der Waals surface area contributed by atoms with E-state index in [2.05, 4.69) is 4.72 Å². The van der Waals surface area contributed by atoms with E-state index in [-0.39, 0.29) is 48.2 Å². The van der Waals surface area contributed by atoms with Crippen LogP contribution in [0.3, 0.4) is 0 Å². The van der Waals surface area contributed by atoms with Crippen molar-refractivity contribution in [3.8, 4) is 0 Å². The van der Waals surface area contributed by atoms with Gasteiger partial charge >= 0.3 is 0 Å². The highest BCUT2D eigenvalue weighted by Crippen LogP contribution is 2.40. The molecule has 0 saturated carbocycles. The topological polar surface area (TPSA) is 92.5 Å². The first kappa shape index (κ1) is 24.7. The molecule has 0 spiro atoms. The van der Waals surface area contributed by atoms with Gasteiger partial charge in [-0.15, -0.1) is 0 Å². The molecule has 2 fully saturated rings. The van der Waals surface area contributed by atoms with Crippen molar-refractivity contribution in [1.29, 1.82) is 0 Å². The normalized spacial score (nSPS) is 23.2. The number of nitrogens with one attached hydrogen (secondary N) is 1. The number of halogens is 3. The van der Waals surface area contributed by atoms with Crippen molar-refractivity contribution in [3.63, 3.8) is 0 Å². The number of carbonyl (C=O) groups is 1. The zero-order valence-electron chi connectivity index (χ0n) is 18.6. The number of nitrogens with zero attached hydrogens (tertiary/aromatic N) is 1. The summed E-state index contributed by atoms with van der Waals surface area (Å²) < 4.78 is 67.9. The zero-order valence-corrected chi connectivity index (χ0v) is 19.4. The zero-order chi connectivity index (χ0) is 24.5. The molecule has 3 N–H and O–H groups in total. The lowest BCUT2D eigenvalue weighted by Crippen LogP contribution is -2.52. The lowest BCUT2D eigenvalue weighted by molar-refractivity contribution is -0.135. The van der Waals surface area contributed by atoms with Crippen molar-refractivity contribution in [3.05, 3.63) is 71.0 Å². The first-order chi connectivity index (χ1) is 16.1. The molecule has 2 bridgehead atoms. The predicted octanol–water partition coefficient (Wildman–Crippen LogP) is 2.86. The van der Waals surface area contributed by atoms with Gasteiger partial charge in [-0.1, -0.05) is 30.3 Å². The van der Waals surface area contributed by atoms with Gasteiger partial charge in [-0.2, -0.15) is 0 Å². The first-order valence-corrected chi connectivity index (χ1v) is 13.0. The number of hydrogen-bond donors (Lipinski definition) is 2. The van der Waals surface area contributed by atoms with Crippen LogP contribution >= 0.6 is 0 Å². The van der Waals surface area contributed by atoms with Crippen LogP contribution in [0.25, 0.3) is 0 Å². The SMILES string of the molecule is N[C@H](Cc1cc(F)c(F)cc1F)[C@@H]1C[C@H]2CC[C@@H](C1)N2C(=O)CNS(=O)(=O)Cc1ccccc1. The highest BCUT2D eigenvalue weighted by atomic mass is 32.2. The molecule has 10 heteroatoms. The number of benzene rings is 2. The van der Waals surface area contributed by atoms with Crippen molar-refractivity contribution >= 4 is 15.9 Å². The number of nitrogens with two attached hydrogens (primary N) is 1. The monoisotopic (exact) mass is 495 g/mol. The Bertz CT molecular complexity index is 1130. The number of rotatable bonds is 8. The maximum absolute atomic E-state index is 14.0. The molecule has 0 unspecified atom stereocenters. The fourth-order valence-electron chi connectivity index (χ4n) is 5.22. The van der Waals surface area contributed by atoms with Crippen LogP contribution in [0.4, 0.5) is 13.2 Å². The fourth-order valence-corrected chi connectivity index (χ4v) is 6.30. The minimum atomic E-state index is -3.66. The number of piperidine rings is 1. The van der Waals surface area contributed by atoms with E-state index in [1.807, 2.05) is 0 Å². The fraction of sp³-hybridized carbons (Fsp3) is 0.458. The largest absolute Gasteiger partial charge is 0.336 e. The second kappa shape index (κ2) is 10.1.